The van der Waals surface area contributed by atoms with Gasteiger partial charge in [0.25, 0.3) is 10.1 Å². The van der Waals surface area contributed by atoms with Crippen LogP contribution in [0.15, 0.2) is 103 Å². The van der Waals surface area contributed by atoms with Crippen molar-refractivity contribution in [1.29, 1.82) is 0 Å². The fourth-order valence-corrected chi connectivity index (χ4v) is 5.52. The SMILES string of the molecule is CS(=O)(=O)OC1CCN(c2ccn(C(c3ccccc3)(c3ccccc3)c3ccccc3)n2)C1. The van der Waals surface area contributed by atoms with Crippen LogP contribution in [0.1, 0.15) is 23.1 Å². The van der Waals surface area contributed by atoms with E-state index in [9.17, 15) is 8.42 Å². The van der Waals surface area contributed by atoms with Gasteiger partial charge in [-0.1, -0.05) is 91.0 Å². The molecule has 5 rings (SSSR count). The quantitative estimate of drug-likeness (QED) is 0.296. The van der Waals surface area contributed by atoms with Gasteiger partial charge < -0.3 is 4.90 Å². The van der Waals surface area contributed by atoms with Gasteiger partial charge in [-0.3, -0.25) is 8.86 Å². The lowest BCUT2D eigenvalue weighted by Crippen LogP contribution is -2.38. The molecule has 1 aliphatic rings. The third kappa shape index (κ3) is 4.24. The van der Waals surface area contributed by atoms with Crippen molar-refractivity contribution in [3.05, 3.63) is 120 Å². The molecule has 1 aromatic heterocycles. The van der Waals surface area contributed by atoms with Crippen LogP contribution in [0.5, 0.6) is 0 Å². The summed E-state index contributed by atoms with van der Waals surface area (Å²) < 4.78 is 30.4. The predicted octanol–water partition coefficient (Wildman–Crippen LogP) is 4.28. The number of rotatable bonds is 7. The summed E-state index contributed by atoms with van der Waals surface area (Å²) in [6.45, 7) is 1.17. The minimum Gasteiger partial charge on any atom is -0.352 e. The summed E-state index contributed by atoms with van der Waals surface area (Å²) in [5.41, 5.74) is 2.62. The zero-order valence-corrected chi connectivity index (χ0v) is 19.8. The molecule has 0 radical (unpaired) electrons. The lowest BCUT2D eigenvalue weighted by Gasteiger charge is -2.36. The van der Waals surface area contributed by atoms with E-state index in [0.717, 1.165) is 28.8 Å². The lowest BCUT2D eigenvalue weighted by atomic mass is 9.77. The largest absolute Gasteiger partial charge is 0.352 e. The number of aromatic nitrogens is 2. The van der Waals surface area contributed by atoms with Gasteiger partial charge in [0, 0.05) is 25.4 Å². The molecule has 0 spiro atoms. The van der Waals surface area contributed by atoms with Crippen molar-refractivity contribution in [1.82, 2.24) is 9.78 Å². The lowest BCUT2D eigenvalue weighted by molar-refractivity contribution is 0.234. The Kier molecular flexibility index (Phi) is 5.98. The molecule has 174 valence electrons. The molecule has 6 nitrogen and oxygen atoms in total. The number of hydrogen-bond donors (Lipinski definition) is 0. The standard InChI is InChI=1S/C27H27N3O3S/c1-34(31,32)33-25-17-19-29(21-25)26-18-20-30(28-26)27(22-11-5-2-6-12-22,23-13-7-3-8-14-23)24-15-9-4-10-16-24/h2-16,18,20,25H,17,19,21H2,1H3. The first-order chi connectivity index (χ1) is 16.5. The van der Waals surface area contributed by atoms with Crippen LogP contribution in [0, 0.1) is 0 Å². The van der Waals surface area contributed by atoms with Crippen LogP contribution in [0.25, 0.3) is 0 Å². The third-order valence-corrected chi connectivity index (χ3v) is 6.89. The van der Waals surface area contributed by atoms with Crippen molar-refractivity contribution >= 4 is 15.9 Å². The second kappa shape index (κ2) is 9.08. The molecule has 4 aromatic rings. The van der Waals surface area contributed by atoms with Crippen LogP contribution in [0.2, 0.25) is 0 Å². The van der Waals surface area contributed by atoms with Crippen LogP contribution in [0.3, 0.4) is 0 Å². The topological polar surface area (TPSA) is 64.4 Å². The molecule has 3 aromatic carbocycles. The Bertz CT molecular complexity index is 1240. The third-order valence-electron chi connectivity index (χ3n) is 6.27. The van der Waals surface area contributed by atoms with Crippen LogP contribution in [-0.4, -0.2) is 43.6 Å². The number of nitrogens with zero attached hydrogens (tertiary/aromatic N) is 3. The van der Waals surface area contributed by atoms with Crippen LogP contribution in [0.4, 0.5) is 5.82 Å². The van der Waals surface area contributed by atoms with E-state index in [1.54, 1.807) is 0 Å². The van der Waals surface area contributed by atoms with E-state index in [0.29, 0.717) is 19.5 Å². The minimum absolute atomic E-state index is 0.359. The van der Waals surface area contributed by atoms with Gasteiger partial charge in [0.1, 0.15) is 5.54 Å². The maximum atomic E-state index is 11.6. The minimum atomic E-state index is -3.49. The van der Waals surface area contributed by atoms with E-state index >= 15 is 0 Å². The van der Waals surface area contributed by atoms with Crippen molar-refractivity contribution in [3.63, 3.8) is 0 Å². The highest BCUT2D eigenvalue weighted by molar-refractivity contribution is 7.86. The fourth-order valence-electron chi connectivity index (χ4n) is 4.87. The molecule has 1 saturated heterocycles. The Hall–Kier alpha value is -3.42. The molecule has 2 heterocycles. The van der Waals surface area contributed by atoms with Gasteiger partial charge in [-0.25, -0.2) is 0 Å². The van der Waals surface area contributed by atoms with Crippen LogP contribution < -0.4 is 4.90 Å². The Balaban J connectivity index is 1.63. The van der Waals surface area contributed by atoms with Crippen molar-refractivity contribution in [2.24, 2.45) is 0 Å². The summed E-state index contributed by atoms with van der Waals surface area (Å²) in [6.07, 6.45) is 3.38. The Morgan fingerprint density at radius 2 is 1.32 bits per heavy atom. The van der Waals surface area contributed by atoms with Gasteiger partial charge in [0.15, 0.2) is 5.82 Å². The molecular formula is C27H27N3O3S. The molecule has 0 amide bonds. The summed E-state index contributed by atoms with van der Waals surface area (Å²) >= 11 is 0. The zero-order valence-electron chi connectivity index (χ0n) is 19.0. The average molecular weight is 474 g/mol. The first-order valence-corrected chi connectivity index (χ1v) is 13.1. The van der Waals surface area contributed by atoms with Crippen molar-refractivity contribution in [2.45, 2.75) is 18.1 Å². The van der Waals surface area contributed by atoms with Gasteiger partial charge in [-0.15, -0.1) is 0 Å². The van der Waals surface area contributed by atoms with Crippen molar-refractivity contribution in [2.75, 3.05) is 24.2 Å². The van der Waals surface area contributed by atoms with E-state index in [-0.39, 0.29) is 6.10 Å². The summed E-state index contributed by atoms with van der Waals surface area (Å²) in [4.78, 5) is 2.08. The van der Waals surface area contributed by atoms with E-state index in [4.69, 9.17) is 9.28 Å². The summed E-state index contributed by atoms with van der Waals surface area (Å²) in [6, 6.07) is 33.1. The monoisotopic (exact) mass is 473 g/mol. The van der Waals surface area contributed by atoms with Crippen molar-refractivity contribution in [3.8, 4) is 0 Å². The predicted molar refractivity (Wildman–Crippen MR) is 133 cm³/mol. The summed E-state index contributed by atoms with van der Waals surface area (Å²) in [5, 5.41) is 5.06. The van der Waals surface area contributed by atoms with Crippen LogP contribution >= 0.6 is 0 Å². The molecule has 0 N–H and O–H groups in total. The fraction of sp³-hybridized carbons (Fsp3) is 0.222. The smallest absolute Gasteiger partial charge is 0.264 e. The highest BCUT2D eigenvalue weighted by Gasteiger charge is 2.39. The van der Waals surface area contributed by atoms with E-state index in [1.165, 1.54) is 0 Å². The van der Waals surface area contributed by atoms with Crippen molar-refractivity contribution < 1.29 is 12.6 Å². The van der Waals surface area contributed by atoms with Crippen LogP contribution in [-0.2, 0) is 19.8 Å². The average Bonchev–Trinajstić information content (AvgIpc) is 3.51. The number of anilines is 1. The molecule has 0 bridgehead atoms. The summed E-state index contributed by atoms with van der Waals surface area (Å²) in [7, 11) is -3.49. The van der Waals surface area contributed by atoms with Gasteiger partial charge in [-0.05, 0) is 23.1 Å². The zero-order chi connectivity index (χ0) is 23.6. The molecule has 0 aliphatic carbocycles. The number of benzene rings is 3. The molecule has 0 saturated carbocycles. The first-order valence-electron chi connectivity index (χ1n) is 11.3. The molecule has 1 fully saturated rings. The molecular weight excluding hydrogens is 446 g/mol. The molecule has 1 atom stereocenters. The molecule has 1 aliphatic heterocycles. The van der Waals surface area contributed by atoms with Gasteiger partial charge >= 0.3 is 0 Å². The Morgan fingerprint density at radius 1 is 0.824 bits per heavy atom. The summed E-state index contributed by atoms with van der Waals surface area (Å²) in [5.74, 6) is 0.798. The van der Waals surface area contributed by atoms with E-state index in [2.05, 4.69) is 41.3 Å². The Morgan fingerprint density at radius 3 is 1.79 bits per heavy atom. The van der Waals surface area contributed by atoms with Gasteiger partial charge in [0.05, 0.1) is 12.4 Å². The first kappa shape index (κ1) is 22.4. The van der Waals surface area contributed by atoms with Gasteiger partial charge in [-0.2, -0.15) is 13.5 Å². The molecule has 7 heteroatoms. The normalized spacial score (nSPS) is 16.6. The highest BCUT2D eigenvalue weighted by Crippen LogP contribution is 2.41. The second-order valence-corrected chi connectivity index (χ2v) is 10.2. The van der Waals surface area contributed by atoms with E-state index in [1.807, 2.05) is 71.5 Å². The Labute approximate surface area is 200 Å². The molecule has 1 unspecified atom stereocenters. The maximum absolute atomic E-state index is 11.6. The second-order valence-electron chi connectivity index (χ2n) is 8.58. The highest BCUT2D eigenvalue weighted by atomic mass is 32.2. The van der Waals surface area contributed by atoms with E-state index < -0.39 is 15.7 Å². The maximum Gasteiger partial charge on any atom is 0.264 e. The van der Waals surface area contributed by atoms with Gasteiger partial charge in [0.2, 0.25) is 0 Å². The molecule has 34 heavy (non-hydrogen) atoms. The number of hydrogen-bond acceptors (Lipinski definition) is 5.